The fraction of sp³-hybridized carbons (Fsp3) is 0.909. The van der Waals surface area contributed by atoms with Gasteiger partial charge in [0.05, 0.1) is 0 Å². The second kappa shape index (κ2) is 4.59. The van der Waals surface area contributed by atoms with Crippen molar-refractivity contribution in [3.05, 3.63) is 0 Å². The van der Waals surface area contributed by atoms with Crippen LogP contribution in [0.4, 0.5) is 4.79 Å². The van der Waals surface area contributed by atoms with Gasteiger partial charge in [0.25, 0.3) is 0 Å². The Hall–Kier alpha value is -0.810. The number of ether oxygens (including phenoxy) is 3. The normalized spacial score (nSPS) is 29.1. The summed E-state index contributed by atoms with van der Waals surface area (Å²) in [6, 6.07) is 0. The molecule has 2 heterocycles. The van der Waals surface area contributed by atoms with Crippen molar-refractivity contribution in [3.63, 3.8) is 0 Å². The first-order valence-electron chi connectivity index (χ1n) is 5.84. The first kappa shape index (κ1) is 11.7. The molecule has 16 heavy (non-hydrogen) atoms. The van der Waals surface area contributed by atoms with Gasteiger partial charge in [-0.25, -0.2) is 4.79 Å². The van der Waals surface area contributed by atoms with Crippen LogP contribution < -0.4 is 0 Å². The number of carbonyl (C=O) groups excluding carboxylic acids is 1. The van der Waals surface area contributed by atoms with Crippen molar-refractivity contribution in [1.82, 2.24) is 4.90 Å². The number of hydrogen-bond acceptors (Lipinski definition) is 4. The summed E-state index contributed by atoms with van der Waals surface area (Å²) < 4.78 is 16.0. The van der Waals surface area contributed by atoms with Gasteiger partial charge in [0.2, 0.25) is 6.29 Å². The molecule has 0 aliphatic carbocycles. The number of amides is 1. The van der Waals surface area contributed by atoms with E-state index in [1.807, 2.05) is 13.8 Å². The molecule has 0 bridgehead atoms. The molecule has 2 aliphatic rings. The molecule has 0 aromatic rings. The average Bonchev–Trinajstić information content (AvgIpc) is 2.59. The number of hydrogen-bond donors (Lipinski definition) is 0. The third kappa shape index (κ3) is 2.86. The van der Waals surface area contributed by atoms with Crippen LogP contribution in [0.5, 0.6) is 0 Å². The molecule has 2 rings (SSSR count). The zero-order chi connectivity index (χ0) is 11.6. The quantitative estimate of drug-likeness (QED) is 0.687. The standard InChI is InChI=1S/C11H19NO4/c1-11(2)14-8-9(16-11)15-10(13)12-6-4-3-5-7-12/h9H,3-8H2,1-2H3. The molecule has 92 valence electrons. The lowest BCUT2D eigenvalue weighted by Gasteiger charge is -2.27. The monoisotopic (exact) mass is 229 g/mol. The van der Waals surface area contributed by atoms with Crippen LogP contribution in [0, 0.1) is 0 Å². The van der Waals surface area contributed by atoms with Crippen molar-refractivity contribution in [1.29, 1.82) is 0 Å². The summed E-state index contributed by atoms with van der Waals surface area (Å²) in [5.74, 6) is -0.646. The molecule has 5 heteroatoms. The Bertz CT molecular complexity index is 261. The summed E-state index contributed by atoms with van der Waals surface area (Å²) >= 11 is 0. The van der Waals surface area contributed by atoms with Crippen LogP contribution in [0.1, 0.15) is 33.1 Å². The Morgan fingerprint density at radius 3 is 2.56 bits per heavy atom. The van der Waals surface area contributed by atoms with Crippen LogP contribution in [0.15, 0.2) is 0 Å². The maximum absolute atomic E-state index is 11.7. The summed E-state index contributed by atoms with van der Waals surface area (Å²) in [6.45, 7) is 5.50. The molecule has 2 aliphatic heterocycles. The van der Waals surface area contributed by atoms with E-state index in [9.17, 15) is 4.79 Å². The highest BCUT2D eigenvalue weighted by molar-refractivity contribution is 5.67. The molecule has 0 radical (unpaired) electrons. The van der Waals surface area contributed by atoms with Gasteiger partial charge in [-0.15, -0.1) is 0 Å². The number of carbonyl (C=O) groups is 1. The number of nitrogens with zero attached hydrogens (tertiary/aromatic N) is 1. The number of piperidine rings is 1. The highest BCUT2D eigenvalue weighted by Gasteiger charge is 2.35. The van der Waals surface area contributed by atoms with E-state index < -0.39 is 12.1 Å². The summed E-state index contributed by atoms with van der Waals surface area (Å²) in [4.78, 5) is 13.5. The summed E-state index contributed by atoms with van der Waals surface area (Å²) in [6.07, 6.45) is 2.46. The first-order chi connectivity index (χ1) is 7.57. The van der Waals surface area contributed by atoms with Crippen LogP contribution >= 0.6 is 0 Å². The first-order valence-corrected chi connectivity index (χ1v) is 5.84. The van der Waals surface area contributed by atoms with Gasteiger partial charge in [0.15, 0.2) is 5.79 Å². The lowest BCUT2D eigenvalue weighted by molar-refractivity contribution is -0.176. The van der Waals surface area contributed by atoms with Gasteiger partial charge in [-0.2, -0.15) is 0 Å². The molecular formula is C11H19NO4. The minimum atomic E-state index is -0.646. The Balaban J connectivity index is 1.79. The van der Waals surface area contributed by atoms with Crippen molar-refractivity contribution >= 4 is 6.09 Å². The second-order valence-corrected chi connectivity index (χ2v) is 4.69. The minimum absolute atomic E-state index is 0.286. The predicted molar refractivity (Wildman–Crippen MR) is 56.8 cm³/mol. The lowest BCUT2D eigenvalue weighted by Crippen LogP contribution is -2.38. The van der Waals surface area contributed by atoms with Crippen molar-refractivity contribution in [2.45, 2.75) is 45.2 Å². The van der Waals surface area contributed by atoms with Crippen molar-refractivity contribution in [3.8, 4) is 0 Å². The Labute approximate surface area is 95.6 Å². The molecule has 2 fully saturated rings. The van der Waals surface area contributed by atoms with E-state index in [1.165, 1.54) is 6.42 Å². The fourth-order valence-corrected chi connectivity index (χ4v) is 1.97. The molecule has 0 N–H and O–H groups in total. The summed E-state index contributed by atoms with van der Waals surface area (Å²) in [5, 5.41) is 0. The molecule has 2 saturated heterocycles. The van der Waals surface area contributed by atoms with Crippen LogP contribution in [-0.2, 0) is 14.2 Å². The minimum Gasteiger partial charge on any atom is -0.417 e. The fourth-order valence-electron chi connectivity index (χ4n) is 1.97. The second-order valence-electron chi connectivity index (χ2n) is 4.69. The van der Waals surface area contributed by atoms with Crippen LogP contribution in [0.2, 0.25) is 0 Å². The third-order valence-electron chi connectivity index (χ3n) is 2.83. The van der Waals surface area contributed by atoms with E-state index >= 15 is 0 Å². The van der Waals surface area contributed by atoms with Crippen molar-refractivity contribution in [2.24, 2.45) is 0 Å². The Morgan fingerprint density at radius 2 is 2.00 bits per heavy atom. The molecule has 0 aromatic heterocycles. The molecule has 1 amide bonds. The van der Waals surface area contributed by atoms with Crippen LogP contribution in [0.3, 0.4) is 0 Å². The van der Waals surface area contributed by atoms with E-state index in [1.54, 1.807) is 4.90 Å². The molecule has 1 unspecified atom stereocenters. The van der Waals surface area contributed by atoms with E-state index in [-0.39, 0.29) is 6.09 Å². The van der Waals surface area contributed by atoms with Crippen LogP contribution in [-0.4, -0.2) is 42.8 Å². The molecule has 0 spiro atoms. The zero-order valence-corrected chi connectivity index (χ0v) is 9.90. The van der Waals surface area contributed by atoms with Gasteiger partial charge in [0, 0.05) is 13.1 Å². The Kier molecular flexibility index (Phi) is 3.35. The number of likely N-dealkylation sites (tertiary alicyclic amines) is 1. The number of rotatable bonds is 1. The van der Waals surface area contributed by atoms with E-state index in [4.69, 9.17) is 14.2 Å². The topological polar surface area (TPSA) is 48.0 Å². The molecular weight excluding hydrogens is 210 g/mol. The molecule has 0 saturated carbocycles. The maximum Gasteiger partial charge on any atom is 0.412 e. The average molecular weight is 229 g/mol. The SMILES string of the molecule is CC1(C)OCC(OC(=O)N2CCCCC2)O1. The third-order valence-corrected chi connectivity index (χ3v) is 2.83. The largest absolute Gasteiger partial charge is 0.417 e. The molecule has 1 atom stereocenters. The highest BCUT2D eigenvalue weighted by atomic mass is 16.8. The van der Waals surface area contributed by atoms with Gasteiger partial charge in [-0.05, 0) is 33.1 Å². The lowest BCUT2D eigenvalue weighted by atomic mass is 10.1. The summed E-state index contributed by atoms with van der Waals surface area (Å²) in [7, 11) is 0. The van der Waals surface area contributed by atoms with Gasteiger partial charge in [-0.1, -0.05) is 0 Å². The van der Waals surface area contributed by atoms with Crippen molar-refractivity contribution < 1.29 is 19.0 Å². The van der Waals surface area contributed by atoms with Crippen LogP contribution in [0.25, 0.3) is 0 Å². The van der Waals surface area contributed by atoms with Gasteiger partial charge >= 0.3 is 6.09 Å². The highest BCUT2D eigenvalue weighted by Crippen LogP contribution is 2.23. The smallest absolute Gasteiger partial charge is 0.412 e. The zero-order valence-electron chi connectivity index (χ0n) is 9.90. The van der Waals surface area contributed by atoms with Gasteiger partial charge in [-0.3, -0.25) is 0 Å². The van der Waals surface area contributed by atoms with Crippen molar-refractivity contribution in [2.75, 3.05) is 19.7 Å². The van der Waals surface area contributed by atoms with E-state index in [2.05, 4.69) is 0 Å². The van der Waals surface area contributed by atoms with E-state index in [0.29, 0.717) is 6.61 Å². The van der Waals surface area contributed by atoms with Gasteiger partial charge in [0.1, 0.15) is 6.61 Å². The maximum atomic E-state index is 11.7. The van der Waals surface area contributed by atoms with E-state index in [0.717, 1.165) is 25.9 Å². The Morgan fingerprint density at radius 1 is 1.31 bits per heavy atom. The molecule has 0 aromatic carbocycles. The summed E-state index contributed by atoms with van der Waals surface area (Å²) in [5.41, 5.74) is 0. The van der Waals surface area contributed by atoms with Gasteiger partial charge < -0.3 is 19.1 Å². The molecule has 5 nitrogen and oxygen atoms in total. The predicted octanol–water partition coefficient (Wildman–Crippen LogP) is 1.72.